The van der Waals surface area contributed by atoms with E-state index in [1.165, 1.54) is 6.21 Å². The lowest BCUT2D eigenvalue weighted by molar-refractivity contribution is 0.0151. The van der Waals surface area contributed by atoms with Crippen LogP contribution in [0, 0.1) is 17.2 Å². The number of nitrogens with two attached hydrogens (primary N) is 1. The van der Waals surface area contributed by atoms with Gasteiger partial charge in [-0.15, -0.1) is 0 Å². The van der Waals surface area contributed by atoms with Crippen molar-refractivity contribution in [3.63, 3.8) is 0 Å². The number of allylic oxidation sites excluding steroid dienone is 2. The minimum Gasteiger partial charge on any atom is -0.444 e. The number of carbonyl (C=O) groups excluding carboxylic acids is 1. The van der Waals surface area contributed by atoms with Gasteiger partial charge in [-0.2, -0.15) is 5.10 Å². The third-order valence-electron chi connectivity index (χ3n) is 5.92. The van der Waals surface area contributed by atoms with Crippen LogP contribution in [0.5, 0.6) is 0 Å². The highest BCUT2D eigenvalue weighted by atomic mass is 16.6. The van der Waals surface area contributed by atoms with Gasteiger partial charge in [-0.25, -0.2) is 9.79 Å². The molecule has 174 valence electrons. The summed E-state index contributed by atoms with van der Waals surface area (Å²) in [5.74, 6) is 1.52. The van der Waals surface area contributed by atoms with Crippen LogP contribution in [0.2, 0.25) is 0 Å². The number of likely N-dealkylation sites (tertiary alicyclic amines) is 1. The highest BCUT2D eigenvalue weighted by Gasteiger charge is 2.33. The molecule has 0 aromatic carbocycles. The Labute approximate surface area is 190 Å². The van der Waals surface area contributed by atoms with Crippen LogP contribution in [0.1, 0.15) is 46.1 Å². The Morgan fingerprint density at radius 2 is 2.09 bits per heavy atom. The fourth-order valence-electron chi connectivity index (χ4n) is 4.06. The second kappa shape index (κ2) is 9.18. The molecular weight excluding hydrogens is 406 g/mol. The lowest BCUT2D eigenvalue weighted by atomic mass is 9.83. The Balaban J connectivity index is 1.87. The predicted molar refractivity (Wildman–Crippen MR) is 126 cm³/mol. The maximum Gasteiger partial charge on any atom is 0.410 e. The average molecular weight is 442 g/mol. The van der Waals surface area contributed by atoms with E-state index in [0.717, 1.165) is 24.1 Å². The van der Waals surface area contributed by atoms with Crippen molar-refractivity contribution in [3.05, 3.63) is 35.7 Å². The van der Waals surface area contributed by atoms with Crippen molar-refractivity contribution in [3.8, 4) is 0 Å². The van der Waals surface area contributed by atoms with Gasteiger partial charge < -0.3 is 25.7 Å². The molecule has 0 radical (unpaired) electrons. The van der Waals surface area contributed by atoms with Gasteiger partial charge in [0.25, 0.3) is 0 Å². The molecule has 2 aliphatic heterocycles. The normalized spacial score (nSPS) is 22.1. The van der Waals surface area contributed by atoms with Gasteiger partial charge in [-0.05, 0) is 39.5 Å². The van der Waals surface area contributed by atoms with Crippen molar-refractivity contribution < 1.29 is 9.53 Å². The summed E-state index contributed by atoms with van der Waals surface area (Å²) in [6, 6.07) is 0. The Bertz CT molecular complexity index is 967. The monoisotopic (exact) mass is 441 g/mol. The molecule has 9 heteroatoms. The lowest BCUT2D eigenvalue weighted by Crippen LogP contribution is -2.45. The first-order valence-corrected chi connectivity index (χ1v) is 11.0. The first-order valence-electron chi connectivity index (χ1n) is 11.0. The first kappa shape index (κ1) is 23.6. The van der Waals surface area contributed by atoms with E-state index in [0.29, 0.717) is 30.3 Å². The molecule has 3 heterocycles. The van der Waals surface area contributed by atoms with E-state index in [1.54, 1.807) is 20.7 Å². The third-order valence-corrected chi connectivity index (χ3v) is 5.92. The van der Waals surface area contributed by atoms with Crippen molar-refractivity contribution in [2.75, 3.05) is 20.1 Å². The number of hydrogen-bond donors (Lipinski definition) is 2. The summed E-state index contributed by atoms with van der Waals surface area (Å²) in [6.45, 7) is 9.10. The van der Waals surface area contributed by atoms with Crippen LogP contribution in [0.15, 0.2) is 35.1 Å². The van der Waals surface area contributed by atoms with Crippen molar-refractivity contribution >= 4 is 23.6 Å². The topological polar surface area (TPSA) is 113 Å². The van der Waals surface area contributed by atoms with E-state index >= 15 is 0 Å². The number of piperidine rings is 1. The zero-order valence-electron chi connectivity index (χ0n) is 19.9. The van der Waals surface area contributed by atoms with Crippen LogP contribution in [0.25, 0.3) is 5.57 Å². The van der Waals surface area contributed by atoms with Crippen molar-refractivity contribution in [2.45, 2.75) is 46.1 Å². The number of carbonyl (C=O) groups is 1. The average Bonchev–Trinajstić information content (AvgIpc) is 3.15. The maximum atomic E-state index is 12.6. The number of rotatable bonds is 4. The molecule has 2 unspecified atom stereocenters. The fraction of sp³-hybridized carbons (Fsp3) is 0.565. The van der Waals surface area contributed by atoms with Crippen LogP contribution in [-0.2, 0) is 11.8 Å². The van der Waals surface area contributed by atoms with E-state index in [4.69, 9.17) is 20.9 Å². The van der Waals surface area contributed by atoms with Crippen LogP contribution in [0.3, 0.4) is 0 Å². The summed E-state index contributed by atoms with van der Waals surface area (Å²) in [5, 5.41) is 12.2. The summed E-state index contributed by atoms with van der Waals surface area (Å²) in [7, 11) is 3.68. The molecule has 0 aliphatic carbocycles. The predicted octanol–water partition coefficient (Wildman–Crippen LogP) is 3.21. The fourth-order valence-corrected chi connectivity index (χ4v) is 4.06. The Morgan fingerprint density at radius 3 is 2.69 bits per heavy atom. The van der Waals surface area contributed by atoms with Gasteiger partial charge in [0.2, 0.25) is 0 Å². The molecule has 1 aromatic heterocycles. The molecule has 9 nitrogen and oxygen atoms in total. The van der Waals surface area contributed by atoms with Crippen LogP contribution < -0.4 is 5.73 Å². The minimum atomic E-state index is -0.514. The van der Waals surface area contributed by atoms with Crippen LogP contribution >= 0.6 is 0 Å². The number of nitrogens with one attached hydrogen (secondary N) is 1. The number of aliphatic imine (C=N–C) groups is 1. The Hall–Kier alpha value is -3.10. The van der Waals surface area contributed by atoms with Gasteiger partial charge in [0.1, 0.15) is 17.2 Å². The van der Waals surface area contributed by atoms with Gasteiger partial charge in [0.15, 0.2) is 0 Å². The number of aromatic nitrogens is 2. The molecule has 3 rings (SSSR count). The van der Waals surface area contributed by atoms with Gasteiger partial charge in [0, 0.05) is 68.4 Å². The number of amides is 1. The largest absolute Gasteiger partial charge is 0.444 e. The molecule has 32 heavy (non-hydrogen) atoms. The summed E-state index contributed by atoms with van der Waals surface area (Å²) in [6.07, 6.45) is 8.41. The molecule has 0 bridgehead atoms. The molecular formula is C23H35N7O2. The molecule has 1 fully saturated rings. The van der Waals surface area contributed by atoms with Crippen LogP contribution in [0.4, 0.5) is 4.79 Å². The van der Waals surface area contributed by atoms with Crippen molar-refractivity contribution in [1.29, 1.82) is 5.41 Å². The SMILES string of the molecule is CC(C1=N/C(=C(/C=N)c2cnn(C)c2)N(C)C(N)=C1)C1CCCN(C(=O)OC(C)(C)C)C1. The van der Waals surface area contributed by atoms with E-state index < -0.39 is 5.60 Å². The molecule has 1 aromatic rings. The zero-order chi connectivity index (χ0) is 23.6. The Kier molecular flexibility index (Phi) is 6.76. The van der Waals surface area contributed by atoms with Gasteiger partial charge in [0.05, 0.1) is 6.20 Å². The minimum absolute atomic E-state index is 0.0865. The second-order valence-electron chi connectivity index (χ2n) is 9.57. The quantitative estimate of drug-likeness (QED) is 0.697. The van der Waals surface area contributed by atoms with Crippen molar-refractivity contribution in [2.24, 2.45) is 29.6 Å². The number of hydrogen-bond acceptors (Lipinski definition) is 7. The van der Waals surface area contributed by atoms with E-state index in [9.17, 15) is 4.79 Å². The summed E-state index contributed by atoms with van der Waals surface area (Å²) in [5.41, 5.74) is 8.14. The zero-order valence-corrected chi connectivity index (χ0v) is 19.9. The van der Waals surface area contributed by atoms with Gasteiger partial charge in [-0.3, -0.25) is 4.68 Å². The first-order chi connectivity index (χ1) is 15.0. The Morgan fingerprint density at radius 1 is 1.38 bits per heavy atom. The summed E-state index contributed by atoms with van der Waals surface area (Å²) in [4.78, 5) is 21.1. The van der Waals surface area contributed by atoms with Gasteiger partial charge in [-0.1, -0.05) is 6.92 Å². The van der Waals surface area contributed by atoms with E-state index in [2.05, 4.69) is 12.0 Å². The number of nitrogens with zero attached hydrogens (tertiary/aromatic N) is 5. The smallest absolute Gasteiger partial charge is 0.410 e. The summed E-state index contributed by atoms with van der Waals surface area (Å²) >= 11 is 0. The number of ether oxygens (including phenoxy) is 1. The third kappa shape index (κ3) is 5.20. The highest BCUT2D eigenvalue weighted by Crippen LogP contribution is 2.31. The number of aryl methyl sites for hydroxylation is 1. The molecule has 2 atom stereocenters. The van der Waals surface area contributed by atoms with Gasteiger partial charge >= 0.3 is 6.09 Å². The highest BCUT2D eigenvalue weighted by molar-refractivity contribution is 6.10. The lowest BCUT2D eigenvalue weighted by Gasteiger charge is -2.37. The van der Waals surface area contributed by atoms with E-state index in [1.807, 2.05) is 47.1 Å². The van der Waals surface area contributed by atoms with E-state index in [-0.39, 0.29) is 17.9 Å². The molecule has 0 spiro atoms. The molecule has 3 N–H and O–H groups in total. The maximum absolute atomic E-state index is 12.6. The van der Waals surface area contributed by atoms with Crippen LogP contribution in [-0.4, -0.2) is 63.3 Å². The summed E-state index contributed by atoms with van der Waals surface area (Å²) < 4.78 is 7.27. The molecule has 0 saturated carbocycles. The molecule has 2 aliphatic rings. The molecule has 1 amide bonds. The van der Waals surface area contributed by atoms with Crippen molar-refractivity contribution in [1.82, 2.24) is 19.6 Å². The second-order valence-corrected chi connectivity index (χ2v) is 9.57. The molecule has 1 saturated heterocycles. The standard InChI is InChI=1S/C23H35N7O2/c1-15(16-8-7-9-30(14-16)22(31)32-23(2,3)4)19-10-20(25)29(6)21(27-19)18(11-24)17-12-26-28(5)13-17/h10-13,15-16,24H,7-9,14,25H2,1-6H3/b21-18+,24-11?.